The number of anilines is 1. The largest absolute Gasteiger partial charge is 0.368 e. The van der Waals surface area contributed by atoms with E-state index in [1.54, 1.807) is 0 Å². The van der Waals surface area contributed by atoms with Crippen molar-refractivity contribution in [2.45, 2.75) is 13.5 Å². The lowest BCUT2D eigenvalue weighted by atomic mass is 10.1. The second-order valence-corrected chi connectivity index (χ2v) is 4.57. The highest BCUT2D eigenvalue weighted by molar-refractivity contribution is 5.79. The summed E-state index contributed by atoms with van der Waals surface area (Å²) in [5.74, 6) is -0.0190. The summed E-state index contributed by atoms with van der Waals surface area (Å²) in [5, 5.41) is 1.08. The van der Waals surface area contributed by atoms with Crippen molar-refractivity contribution < 1.29 is 0 Å². The van der Waals surface area contributed by atoms with Crippen LogP contribution in [0.5, 0.6) is 0 Å². The van der Waals surface area contributed by atoms with Gasteiger partial charge in [-0.05, 0) is 24.6 Å². The average molecular weight is 267 g/mol. The van der Waals surface area contributed by atoms with Crippen LogP contribution in [0, 0.1) is 6.92 Å². The van der Waals surface area contributed by atoms with Gasteiger partial charge in [0.2, 0.25) is 5.95 Å². The molecule has 6 nitrogen and oxygen atoms in total. The van der Waals surface area contributed by atoms with Crippen LogP contribution in [0.1, 0.15) is 11.3 Å². The number of rotatable bonds is 2. The zero-order valence-corrected chi connectivity index (χ0v) is 10.9. The number of nitrogens with two attached hydrogens (primary N) is 1. The maximum absolute atomic E-state index is 11.7. The summed E-state index contributed by atoms with van der Waals surface area (Å²) in [7, 11) is 0. The molecule has 0 bridgehead atoms. The summed E-state index contributed by atoms with van der Waals surface area (Å²) in [6.45, 7) is 2.30. The Balaban J connectivity index is 2.06. The van der Waals surface area contributed by atoms with Gasteiger partial charge in [-0.3, -0.25) is 9.55 Å². The molecule has 0 unspecified atom stereocenters. The molecule has 0 saturated heterocycles. The molecule has 0 saturated carbocycles. The topological polar surface area (TPSA) is 86.7 Å². The molecular weight excluding hydrogens is 254 g/mol. The van der Waals surface area contributed by atoms with Gasteiger partial charge in [-0.15, -0.1) is 0 Å². The van der Waals surface area contributed by atoms with E-state index >= 15 is 0 Å². The zero-order chi connectivity index (χ0) is 14.1. The van der Waals surface area contributed by atoms with Crippen molar-refractivity contribution in [3.05, 3.63) is 58.4 Å². The molecule has 0 aliphatic carbocycles. The summed E-state index contributed by atoms with van der Waals surface area (Å²) in [5.41, 5.74) is 7.69. The molecule has 1 aromatic carbocycles. The van der Waals surface area contributed by atoms with Gasteiger partial charge in [0.1, 0.15) is 6.33 Å². The predicted octanol–water partition coefficient (Wildman–Crippen LogP) is 1.13. The summed E-state index contributed by atoms with van der Waals surface area (Å²) >= 11 is 0. The maximum Gasteiger partial charge on any atom is 0.352 e. The molecular formula is C14H13N5O. The van der Waals surface area contributed by atoms with E-state index in [2.05, 4.69) is 21.0 Å². The van der Waals surface area contributed by atoms with Gasteiger partial charge in [0.25, 0.3) is 0 Å². The smallest absolute Gasteiger partial charge is 0.352 e. The van der Waals surface area contributed by atoms with E-state index in [1.165, 1.54) is 10.9 Å². The van der Waals surface area contributed by atoms with Crippen molar-refractivity contribution in [3.8, 4) is 0 Å². The van der Waals surface area contributed by atoms with Crippen molar-refractivity contribution in [2.75, 3.05) is 5.73 Å². The number of pyridine rings is 1. The van der Waals surface area contributed by atoms with Crippen LogP contribution >= 0.6 is 0 Å². The van der Waals surface area contributed by atoms with Crippen LogP contribution in [-0.2, 0) is 6.54 Å². The molecule has 2 aromatic heterocycles. The molecule has 3 aromatic rings. The van der Waals surface area contributed by atoms with Crippen LogP contribution in [0.25, 0.3) is 10.9 Å². The Hall–Kier alpha value is -2.76. The van der Waals surface area contributed by atoms with E-state index in [0.29, 0.717) is 6.54 Å². The van der Waals surface area contributed by atoms with Gasteiger partial charge in [0.05, 0.1) is 17.8 Å². The van der Waals surface area contributed by atoms with Crippen molar-refractivity contribution in [1.82, 2.24) is 19.5 Å². The number of hydrogen-bond donors (Lipinski definition) is 1. The quantitative estimate of drug-likeness (QED) is 0.752. The first-order chi connectivity index (χ1) is 9.63. The number of hydrogen-bond acceptors (Lipinski definition) is 5. The van der Waals surface area contributed by atoms with E-state index in [0.717, 1.165) is 22.2 Å². The molecule has 2 N–H and O–H groups in total. The molecule has 0 atom stereocenters. The third kappa shape index (κ3) is 2.23. The minimum Gasteiger partial charge on any atom is -0.368 e. The Labute approximate surface area is 114 Å². The van der Waals surface area contributed by atoms with Crippen LogP contribution in [0.4, 0.5) is 5.95 Å². The standard InChI is InChI=1S/C14H13N5O/c1-9-6-10-4-2-3-5-11(10)17-12(9)7-19-8-16-13(15)18-14(19)20/h2-6,8H,7H2,1H3,(H2,15,18,20). The molecule has 0 aliphatic rings. The minimum absolute atomic E-state index is 0.0190. The third-order valence-corrected chi connectivity index (χ3v) is 3.12. The van der Waals surface area contributed by atoms with E-state index in [4.69, 9.17) is 5.73 Å². The summed E-state index contributed by atoms with van der Waals surface area (Å²) in [4.78, 5) is 23.7. The van der Waals surface area contributed by atoms with Crippen molar-refractivity contribution in [1.29, 1.82) is 0 Å². The lowest BCUT2D eigenvalue weighted by molar-refractivity contribution is 0.689. The van der Waals surface area contributed by atoms with Crippen molar-refractivity contribution in [2.24, 2.45) is 0 Å². The first-order valence-electron chi connectivity index (χ1n) is 6.18. The SMILES string of the molecule is Cc1cc2ccccc2nc1Cn1cnc(N)nc1=O. The number of aryl methyl sites for hydroxylation is 1. The van der Waals surface area contributed by atoms with Crippen LogP contribution in [0.15, 0.2) is 41.5 Å². The molecule has 20 heavy (non-hydrogen) atoms. The normalized spacial score (nSPS) is 10.8. The summed E-state index contributed by atoms with van der Waals surface area (Å²) < 4.78 is 1.39. The Kier molecular flexibility index (Phi) is 2.90. The predicted molar refractivity (Wildman–Crippen MR) is 76.3 cm³/mol. The van der Waals surface area contributed by atoms with E-state index < -0.39 is 5.69 Å². The number of fused-ring (bicyclic) bond motifs is 1. The summed E-state index contributed by atoms with van der Waals surface area (Å²) in [6, 6.07) is 9.92. The zero-order valence-electron chi connectivity index (χ0n) is 10.9. The van der Waals surface area contributed by atoms with Gasteiger partial charge in [0.15, 0.2) is 0 Å². The van der Waals surface area contributed by atoms with Crippen LogP contribution in [0.2, 0.25) is 0 Å². The third-order valence-electron chi connectivity index (χ3n) is 3.12. The first-order valence-corrected chi connectivity index (χ1v) is 6.18. The molecule has 0 aliphatic heterocycles. The molecule has 100 valence electrons. The fraction of sp³-hybridized carbons (Fsp3) is 0.143. The van der Waals surface area contributed by atoms with Crippen molar-refractivity contribution >= 4 is 16.9 Å². The Morgan fingerprint density at radius 3 is 2.85 bits per heavy atom. The molecule has 0 amide bonds. The van der Waals surface area contributed by atoms with Gasteiger partial charge in [0, 0.05) is 5.39 Å². The lowest BCUT2D eigenvalue weighted by Gasteiger charge is -2.08. The molecule has 3 rings (SSSR count). The van der Waals surface area contributed by atoms with Gasteiger partial charge in [-0.1, -0.05) is 18.2 Å². The minimum atomic E-state index is -0.424. The van der Waals surface area contributed by atoms with E-state index in [-0.39, 0.29) is 5.95 Å². The highest BCUT2D eigenvalue weighted by Crippen LogP contribution is 2.16. The fourth-order valence-corrected chi connectivity index (χ4v) is 2.06. The highest BCUT2D eigenvalue weighted by Gasteiger charge is 2.06. The lowest BCUT2D eigenvalue weighted by Crippen LogP contribution is -2.25. The Morgan fingerprint density at radius 2 is 2.05 bits per heavy atom. The second kappa shape index (κ2) is 4.73. The van der Waals surface area contributed by atoms with Gasteiger partial charge < -0.3 is 5.73 Å². The average Bonchev–Trinajstić information content (AvgIpc) is 2.42. The Bertz CT molecular complexity index is 840. The molecule has 0 spiro atoms. The van der Waals surface area contributed by atoms with Crippen LogP contribution in [-0.4, -0.2) is 19.5 Å². The number of aromatic nitrogens is 4. The molecule has 0 radical (unpaired) electrons. The first kappa shape index (κ1) is 12.3. The van der Waals surface area contributed by atoms with Crippen LogP contribution in [0.3, 0.4) is 0 Å². The number of para-hydroxylation sites is 1. The van der Waals surface area contributed by atoms with Crippen molar-refractivity contribution in [3.63, 3.8) is 0 Å². The number of nitrogen functional groups attached to an aromatic ring is 1. The Morgan fingerprint density at radius 1 is 1.25 bits per heavy atom. The van der Waals surface area contributed by atoms with Crippen LogP contribution < -0.4 is 11.4 Å². The molecule has 0 fully saturated rings. The van der Waals surface area contributed by atoms with Gasteiger partial charge in [-0.2, -0.15) is 4.98 Å². The molecule has 6 heteroatoms. The van der Waals surface area contributed by atoms with E-state index in [9.17, 15) is 4.79 Å². The van der Waals surface area contributed by atoms with Gasteiger partial charge >= 0.3 is 5.69 Å². The number of benzene rings is 1. The monoisotopic (exact) mass is 267 g/mol. The molecule has 2 heterocycles. The summed E-state index contributed by atoms with van der Waals surface area (Å²) in [6.07, 6.45) is 1.39. The highest BCUT2D eigenvalue weighted by atomic mass is 16.1. The fourth-order valence-electron chi connectivity index (χ4n) is 2.06. The second-order valence-electron chi connectivity index (χ2n) is 4.57. The maximum atomic E-state index is 11.7. The van der Waals surface area contributed by atoms with Gasteiger partial charge in [-0.25, -0.2) is 9.78 Å². The number of nitrogens with zero attached hydrogens (tertiary/aromatic N) is 4. The van der Waals surface area contributed by atoms with E-state index in [1.807, 2.05) is 31.2 Å².